The van der Waals surface area contributed by atoms with E-state index < -0.39 is 0 Å². The molecule has 0 aliphatic carbocycles. The van der Waals surface area contributed by atoms with Crippen LogP contribution in [0.15, 0.2) is 36.5 Å². The van der Waals surface area contributed by atoms with Crippen molar-refractivity contribution in [2.75, 3.05) is 6.61 Å². The molecule has 0 spiro atoms. The van der Waals surface area contributed by atoms with Crippen molar-refractivity contribution >= 4 is 5.97 Å². The van der Waals surface area contributed by atoms with E-state index in [9.17, 15) is 4.79 Å². The van der Waals surface area contributed by atoms with Gasteiger partial charge in [-0.2, -0.15) is 0 Å². The molecule has 0 fully saturated rings. The lowest BCUT2D eigenvalue weighted by Crippen LogP contribution is -2.05. The summed E-state index contributed by atoms with van der Waals surface area (Å²) in [5.41, 5.74) is 0. The third-order valence-corrected chi connectivity index (χ3v) is 5.97. The Morgan fingerprint density at radius 3 is 1.79 bits per heavy atom. The molecule has 0 bridgehead atoms. The molecule has 2 heteroatoms. The zero-order valence-corrected chi connectivity index (χ0v) is 22.5. The molecule has 0 saturated carbocycles. The highest BCUT2D eigenvalue weighted by Gasteiger charge is 2.02. The normalized spacial score (nSPS) is 12.1. The first-order valence-electron chi connectivity index (χ1n) is 14.3. The van der Waals surface area contributed by atoms with Gasteiger partial charge in [0.05, 0.1) is 6.61 Å². The van der Waals surface area contributed by atoms with E-state index in [2.05, 4.69) is 57.2 Å². The average Bonchev–Trinajstić information content (AvgIpc) is 2.79. The third kappa shape index (κ3) is 28.7. The zero-order chi connectivity index (χ0) is 24.2. The molecular formula is C31H56O2. The van der Waals surface area contributed by atoms with Gasteiger partial charge in [-0.05, 0) is 50.9 Å². The first-order chi connectivity index (χ1) is 16.2. The molecule has 0 radical (unpaired) electrons. The molecule has 0 heterocycles. The molecule has 0 amide bonds. The molecule has 33 heavy (non-hydrogen) atoms. The number of esters is 1. The summed E-state index contributed by atoms with van der Waals surface area (Å²) in [6, 6.07) is 0. The van der Waals surface area contributed by atoms with Gasteiger partial charge in [0, 0.05) is 6.42 Å². The van der Waals surface area contributed by atoms with Crippen molar-refractivity contribution < 1.29 is 9.53 Å². The number of allylic oxidation sites excluding steroid dienone is 6. The van der Waals surface area contributed by atoms with Crippen LogP contribution in [0.2, 0.25) is 0 Å². The topological polar surface area (TPSA) is 26.3 Å². The van der Waals surface area contributed by atoms with E-state index in [0.29, 0.717) is 13.0 Å². The van der Waals surface area contributed by atoms with Crippen LogP contribution >= 0.6 is 0 Å². The predicted molar refractivity (Wildman–Crippen MR) is 147 cm³/mol. The molecule has 0 saturated heterocycles. The summed E-state index contributed by atoms with van der Waals surface area (Å²) in [6.07, 6.45) is 36.0. The number of carbonyl (C=O) groups excluding carboxylic acids is 1. The fourth-order valence-electron chi connectivity index (χ4n) is 3.86. The molecule has 0 aromatic heterocycles. The number of hydrogen-bond donors (Lipinski definition) is 0. The Morgan fingerprint density at radius 1 is 0.636 bits per heavy atom. The first-order valence-corrected chi connectivity index (χ1v) is 14.3. The average molecular weight is 461 g/mol. The Bertz CT molecular complexity index is 487. The van der Waals surface area contributed by atoms with Crippen LogP contribution in [0.25, 0.3) is 0 Å². The molecule has 0 rings (SSSR count). The largest absolute Gasteiger partial charge is 0.466 e. The van der Waals surface area contributed by atoms with E-state index in [0.717, 1.165) is 44.4 Å². The standard InChI is InChI=1S/C31H56O2/c1-4-5-6-7-8-9-10-11-12-13-14-15-19-22-25-28-31(32)33-29-26-23-20-17-16-18-21-24-27-30(2)3/h5-6,8-9,11-12,30H,4,7,10,13-29H2,1-3H3/b6-5-,9-8-,12-11-. The van der Waals surface area contributed by atoms with Crippen molar-refractivity contribution in [3.05, 3.63) is 36.5 Å². The van der Waals surface area contributed by atoms with Crippen molar-refractivity contribution in [3.8, 4) is 0 Å². The van der Waals surface area contributed by atoms with Crippen molar-refractivity contribution in [2.24, 2.45) is 5.92 Å². The fourth-order valence-corrected chi connectivity index (χ4v) is 3.86. The van der Waals surface area contributed by atoms with E-state index in [4.69, 9.17) is 4.74 Å². The fraction of sp³-hybridized carbons (Fsp3) is 0.774. The Kier molecular flexibility index (Phi) is 25.9. The van der Waals surface area contributed by atoms with Gasteiger partial charge < -0.3 is 4.74 Å². The smallest absolute Gasteiger partial charge is 0.305 e. The molecule has 2 nitrogen and oxygen atoms in total. The van der Waals surface area contributed by atoms with Gasteiger partial charge in [0.25, 0.3) is 0 Å². The van der Waals surface area contributed by atoms with Gasteiger partial charge >= 0.3 is 5.97 Å². The second kappa shape index (κ2) is 26.9. The lowest BCUT2D eigenvalue weighted by molar-refractivity contribution is -0.143. The first kappa shape index (κ1) is 31.7. The summed E-state index contributed by atoms with van der Waals surface area (Å²) in [5.74, 6) is 0.850. The third-order valence-electron chi connectivity index (χ3n) is 5.97. The maximum absolute atomic E-state index is 11.8. The van der Waals surface area contributed by atoms with E-state index in [-0.39, 0.29) is 5.97 Å². The lowest BCUT2D eigenvalue weighted by atomic mass is 10.0. The minimum absolute atomic E-state index is 0.00123. The van der Waals surface area contributed by atoms with E-state index >= 15 is 0 Å². The number of unbranched alkanes of at least 4 members (excludes halogenated alkanes) is 12. The van der Waals surface area contributed by atoms with Crippen LogP contribution in [-0.4, -0.2) is 12.6 Å². The molecule has 0 aliphatic heterocycles. The highest BCUT2D eigenvalue weighted by atomic mass is 16.5. The Morgan fingerprint density at radius 2 is 1.15 bits per heavy atom. The highest BCUT2D eigenvalue weighted by Crippen LogP contribution is 2.13. The molecule has 0 aliphatic rings. The van der Waals surface area contributed by atoms with Crippen molar-refractivity contribution in [1.29, 1.82) is 0 Å². The molecule has 0 unspecified atom stereocenters. The maximum atomic E-state index is 11.8. The van der Waals surface area contributed by atoms with Gasteiger partial charge in [-0.15, -0.1) is 0 Å². The number of hydrogen-bond acceptors (Lipinski definition) is 2. The SMILES string of the molecule is CC/C=C\C/C=C\C/C=C\CCCCCCCC(=O)OCCCCCCCCCCC(C)C. The van der Waals surface area contributed by atoms with Crippen LogP contribution < -0.4 is 0 Å². The van der Waals surface area contributed by atoms with Crippen LogP contribution in [0.3, 0.4) is 0 Å². The monoisotopic (exact) mass is 460 g/mol. The number of ether oxygens (including phenoxy) is 1. The lowest BCUT2D eigenvalue weighted by Gasteiger charge is -2.06. The number of rotatable bonds is 24. The zero-order valence-electron chi connectivity index (χ0n) is 22.5. The summed E-state index contributed by atoms with van der Waals surface area (Å²) < 4.78 is 5.39. The quantitative estimate of drug-likeness (QED) is 0.0813. The molecule has 0 atom stereocenters. The van der Waals surface area contributed by atoms with E-state index in [1.807, 2.05) is 0 Å². The minimum atomic E-state index is 0.00123. The van der Waals surface area contributed by atoms with Crippen molar-refractivity contribution in [2.45, 2.75) is 143 Å². The van der Waals surface area contributed by atoms with E-state index in [1.165, 1.54) is 77.0 Å². The Hall–Kier alpha value is -1.31. The van der Waals surface area contributed by atoms with Gasteiger partial charge in [-0.3, -0.25) is 4.79 Å². The maximum Gasteiger partial charge on any atom is 0.305 e. The van der Waals surface area contributed by atoms with Gasteiger partial charge in [0.2, 0.25) is 0 Å². The molecule has 0 aromatic rings. The van der Waals surface area contributed by atoms with Crippen LogP contribution in [-0.2, 0) is 9.53 Å². The molecule has 0 aromatic carbocycles. The van der Waals surface area contributed by atoms with Gasteiger partial charge in [0.15, 0.2) is 0 Å². The molecular weight excluding hydrogens is 404 g/mol. The summed E-state index contributed by atoms with van der Waals surface area (Å²) >= 11 is 0. The van der Waals surface area contributed by atoms with Crippen LogP contribution in [0, 0.1) is 5.92 Å². The van der Waals surface area contributed by atoms with Gasteiger partial charge in [-0.25, -0.2) is 0 Å². The van der Waals surface area contributed by atoms with Crippen LogP contribution in [0.1, 0.15) is 143 Å². The van der Waals surface area contributed by atoms with Gasteiger partial charge in [-0.1, -0.05) is 128 Å². The predicted octanol–water partition coefficient (Wildman–Crippen LogP) is 10.3. The van der Waals surface area contributed by atoms with Gasteiger partial charge in [0.1, 0.15) is 0 Å². The second-order valence-electron chi connectivity index (χ2n) is 9.83. The summed E-state index contributed by atoms with van der Waals surface area (Å²) in [7, 11) is 0. The minimum Gasteiger partial charge on any atom is -0.466 e. The Labute approximate surface area is 207 Å². The van der Waals surface area contributed by atoms with Crippen molar-refractivity contribution in [1.82, 2.24) is 0 Å². The molecule has 0 N–H and O–H groups in total. The highest BCUT2D eigenvalue weighted by molar-refractivity contribution is 5.69. The van der Waals surface area contributed by atoms with E-state index in [1.54, 1.807) is 0 Å². The molecule has 192 valence electrons. The van der Waals surface area contributed by atoms with Crippen LogP contribution in [0.4, 0.5) is 0 Å². The summed E-state index contributed by atoms with van der Waals surface area (Å²) in [5, 5.41) is 0. The van der Waals surface area contributed by atoms with Crippen LogP contribution in [0.5, 0.6) is 0 Å². The summed E-state index contributed by atoms with van der Waals surface area (Å²) in [4.78, 5) is 11.8. The second-order valence-corrected chi connectivity index (χ2v) is 9.83. The summed E-state index contributed by atoms with van der Waals surface area (Å²) in [6.45, 7) is 7.40. The number of carbonyl (C=O) groups is 1. The Balaban J connectivity index is 3.27. The van der Waals surface area contributed by atoms with Crippen molar-refractivity contribution in [3.63, 3.8) is 0 Å².